The molecular weight excluding hydrogens is 460 g/mol. The van der Waals surface area contributed by atoms with E-state index >= 15 is 0 Å². The first-order valence-electron chi connectivity index (χ1n) is 10.7. The number of piperazine rings is 1. The van der Waals surface area contributed by atoms with Crippen LogP contribution in [-0.2, 0) is 0 Å². The van der Waals surface area contributed by atoms with Gasteiger partial charge in [-0.25, -0.2) is 0 Å². The molecule has 0 spiro atoms. The minimum atomic E-state index is 0.508. The molecule has 2 atom stereocenters. The monoisotopic (exact) mass is 484 g/mol. The van der Waals surface area contributed by atoms with Crippen LogP contribution in [0.4, 0.5) is 5.69 Å². The van der Waals surface area contributed by atoms with Crippen LogP contribution in [0.25, 0.3) is 11.3 Å². The van der Waals surface area contributed by atoms with Gasteiger partial charge in [0.2, 0.25) is 0 Å². The summed E-state index contributed by atoms with van der Waals surface area (Å²) in [6, 6.07) is 19.9. The van der Waals surface area contributed by atoms with Crippen molar-refractivity contribution in [3.8, 4) is 11.3 Å². The van der Waals surface area contributed by atoms with E-state index in [2.05, 4.69) is 79.1 Å². The van der Waals surface area contributed by atoms with Crippen LogP contribution in [0.3, 0.4) is 0 Å². The van der Waals surface area contributed by atoms with Crippen molar-refractivity contribution in [3.05, 3.63) is 70.3 Å². The van der Waals surface area contributed by atoms with Crippen molar-refractivity contribution in [3.63, 3.8) is 0 Å². The van der Waals surface area contributed by atoms with E-state index in [1.165, 1.54) is 30.5 Å². The lowest BCUT2D eigenvalue weighted by molar-refractivity contribution is 0.183. The number of hydrogen-bond donors (Lipinski definition) is 0. The normalized spacial score (nSPS) is 22.5. The van der Waals surface area contributed by atoms with E-state index in [0.717, 1.165) is 41.4 Å². The molecule has 30 heavy (non-hydrogen) atoms. The van der Waals surface area contributed by atoms with Crippen molar-refractivity contribution >= 4 is 33.2 Å². The summed E-state index contributed by atoms with van der Waals surface area (Å²) in [6.45, 7) is 4.42. The minimum absolute atomic E-state index is 0.508. The SMILES string of the molecule is Clc1ccc(N2CCN([C@H]3CC[C@@H](n4ccc(-c5ccc(Br)cc5)n4)C3)CC2)cc1. The molecule has 0 amide bonds. The van der Waals surface area contributed by atoms with Gasteiger partial charge < -0.3 is 4.90 Å². The molecule has 0 bridgehead atoms. The Morgan fingerprint density at radius 2 is 1.53 bits per heavy atom. The first-order valence-corrected chi connectivity index (χ1v) is 11.9. The van der Waals surface area contributed by atoms with E-state index < -0.39 is 0 Å². The first-order chi connectivity index (χ1) is 14.7. The third-order valence-corrected chi connectivity index (χ3v) is 7.30. The molecule has 1 saturated heterocycles. The van der Waals surface area contributed by atoms with E-state index in [0.29, 0.717) is 12.1 Å². The topological polar surface area (TPSA) is 24.3 Å². The summed E-state index contributed by atoms with van der Waals surface area (Å²) in [5.41, 5.74) is 3.51. The summed E-state index contributed by atoms with van der Waals surface area (Å²) in [4.78, 5) is 5.16. The van der Waals surface area contributed by atoms with E-state index in [1.54, 1.807) is 0 Å². The molecule has 2 fully saturated rings. The van der Waals surface area contributed by atoms with Gasteiger partial charge in [-0.15, -0.1) is 0 Å². The average molecular weight is 486 g/mol. The summed E-state index contributed by atoms with van der Waals surface area (Å²) in [5.74, 6) is 0. The van der Waals surface area contributed by atoms with Gasteiger partial charge in [0.1, 0.15) is 0 Å². The zero-order valence-electron chi connectivity index (χ0n) is 16.9. The highest BCUT2D eigenvalue weighted by atomic mass is 79.9. The molecule has 0 radical (unpaired) electrons. The van der Waals surface area contributed by atoms with Gasteiger partial charge in [-0.1, -0.05) is 39.7 Å². The molecule has 5 rings (SSSR count). The van der Waals surface area contributed by atoms with Crippen LogP contribution in [0.15, 0.2) is 65.3 Å². The Balaban J connectivity index is 1.18. The molecule has 2 heterocycles. The number of benzene rings is 2. The Labute approximate surface area is 191 Å². The molecule has 6 heteroatoms. The third kappa shape index (κ3) is 4.29. The van der Waals surface area contributed by atoms with Gasteiger partial charge in [-0.05, 0) is 61.7 Å². The Hall–Kier alpha value is -1.82. The van der Waals surface area contributed by atoms with Gasteiger partial charge in [0.05, 0.1) is 11.7 Å². The molecular formula is C24H26BrClN4. The second-order valence-electron chi connectivity index (χ2n) is 8.31. The standard InChI is InChI=1S/C24H26BrClN4/c25-19-3-1-18(2-4-19)24-11-12-30(27-24)23-10-9-22(17-23)29-15-13-28(14-16-29)21-7-5-20(26)6-8-21/h1-8,11-12,22-23H,9-10,13-17H2/t22-,23+/m0/s1. The highest BCUT2D eigenvalue weighted by molar-refractivity contribution is 9.10. The third-order valence-electron chi connectivity index (χ3n) is 6.52. The fourth-order valence-corrected chi connectivity index (χ4v) is 5.21. The summed E-state index contributed by atoms with van der Waals surface area (Å²) in [6.07, 6.45) is 5.83. The second-order valence-corrected chi connectivity index (χ2v) is 9.66. The number of halogens is 2. The summed E-state index contributed by atoms with van der Waals surface area (Å²) < 4.78 is 3.29. The van der Waals surface area contributed by atoms with Gasteiger partial charge in [-0.2, -0.15) is 5.10 Å². The van der Waals surface area contributed by atoms with Gasteiger partial charge >= 0.3 is 0 Å². The zero-order chi connectivity index (χ0) is 20.5. The van der Waals surface area contributed by atoms with Crippen LogP contribution < -0.4 is 4.90 Å². The number of aromatic nitrogens is 2. The van der Waals surface area contributed by atoms with Crippen LogP contribution in [-0.4, -0.2) is 46.9 Å². The van der Waals surface area contributed by atoms with Crippen molar-refractivity contribution in [1.82, 2.24) is 14.7 Å². The fourth-order valence-electron chi connectivity index (χ4n) is 4.82. The predicted octanol–water partition coefficient (Wildman–Crippen LogP) is 5.88. The molecule has 0 N–H and O–H groups in total. The van der Waals surface area contributed by atoms with Crippen molar-refractivity contribution in [1.29, 1.82) is 0 Å². The molecule has 4 nitrogen and oxygen atoms in total. The quantitative estimate of drug-likeness (QED) is 0.461. The molecule has 1 aliphatic heterocycles. The largest absolute Gasteiger partial charge is 0.369 e. The zero-order valence-corrected chi connectivity index (χ0v) is 19.3. The van der Waals surface area contributed by atoms with Crippen molar-refractivity contribution < 1.29 is 0 Å². The molecule has 3 aromatic rings. The molecule has 1 aromatic heterocycles. The first kappa shape index (κ1) is 20.1. The van der Waals surface area contributed by atoms with Gasteiger partial charge in [0, 0.05) is 59.2 Å². The van der Waals surface area contributed by atoms with Crippen LogP contribution in [0.1, 0.15) is 25.3 Å². The lowest BCUT2D eigenvalue weighted by Gasteiger charge is -2.39. The van der Waals surface area contributed by atoms with Gasteiger partial charge in [0.25, 0.3) is 0 Å². The molecule has 2 aliphatic rings. The lowest BCUT2D eigenvalue weighted by Crippen LogP contribution is -2.49. The number of nitrogens with zero attached hydrogens (tertiary/aromatic N) is 4. The Morgan fingerprint density at radius 1 is 0.833 bits per heavy atom. The van der Waals surface area contributed by atoms with E-state index in [9.17, 15) is 0 Å². The van der Waals surface area contributed by atoms with E-state index in [1.807, 2.05) is 12.1 Å². The Morgan fingerprint density at radius 3 is 2.27 bits per heavy atom. The Bertz CT molecular complexity index is 977. The number of anilines is 1. The van der Waals surface area contributed by atoms with Crippen LogP contribution in [0.5, 0.6) is 0 Å². The average Bonchev–Trinajstić information content (AvgIpc) is 3.45. The van der Waals surface area contributed by atoms with E-state index in [-0.39, 0.29) is 0 Å². The second kappa shape index (κ2) is 8.74. The van der Waals surface area contributed by atoms with Crippen LogP contribution >= 0.6 is 27.5 Å². The maximum absolute atomic E-state index is 6.03. The van der Waals surface area contributed by atoms with Gasteiger partial charge in [-0.3, -0.25) is 9.58 Å². The maximum atomic E-state index is 6.03. The Kier molecular flexibility index (Phi) is 5.85. The highest BCUT2D eigenvalue weighted by Crippen LogP contribution is 2.34. The fraction of sp³-hybridized carbons (Fsp3) is 0.375. The molecule has 2 aromatic carbocycles. The molecule has 1 saturated carbocycles. The summed E-state index contributed by atoms with van der Waals surface area (Å²) in [5, 5.41) is 5.70. The molecule has 1 aliphatic carbocycles. The van der Waals surface area contributed by atoms with Crippen LogP contribution in [0, 0.1) is 0 Å². The lowest BCUT2D eigenvalue weighted by atomic mass is 10.1. The van der Waals surface area contributed by atoms with Crippen molar-refractivity contribution in [2.45, 2.75) is 31.3 Å². The highest BCUT2D eigenvalue weighted by Gasteiger charge is 2.32. The summed E-state index contributed by atoms with van der Waals surface area (Å²) in [7, 11) is 0. The molecule has 156 valence electrons. The van der Waals surface area contributed by atoms with E-state index in [4.69, 9.17) is 16.7 Å². The van der Waals surface area contributed by atoms with Crippen LogP contribution in [0.2, 0.25) is 5.02 Å². The minimum Gasteiger partial charge on any atom is -0.369 e. The smallest absolute Gasteiger partial charge is 0.0923 e. The maximum Gasteiger partial charge on any atom is 0.0923 e. The number of hydrogen-bond acceptors (Lipinski definition) is 3. The summed E-state index contributed by atoms with van der Waals surface area (Å²) >= 11 is 9.53. The predicted molar refractivity (Wildman–Crippen MR) is 127 cm³/mol. The van der Waals surface area contributed by atoms with Crippen molar-refractivity contribution in [2.75, 3.05) is 31.1 Å². The number of rotatable bonds is 4. The molecule has 0 unspecified atom stereocenters. The van der Waals surface area contributed by atoms with Crippen molar-refractivity contribution in [2.24, 2.45) is 0 Å². The van der Waals surface area contributed by atoms with Gasteiger partial charge in [0.15, 0.2) is 0 Å².